The molecule has 4 unspecified atom stereocenters. The van der Waals surface area contributed by atoms with Gasteiger partial charge < -0.3 is 9.47 Å². The molecule has 0 N–H and O–H groups in total. The summed E-state index contributed by atoms with van der Waals surface area (Å²) in [6.45, 7) is 1.80. The third-order valence-corrected chi connectivity index (χ3v) is 6.60. The van der Waals surface area contributed by atoms with E-state index in [-0.39, 0.29) is 12.8 Å². The molecular formula is C35H14O6. The largest absolute Gasteiger partial charge is 0.393 e. The molecule has 4 atom stereocenters. The van der Waals surface area contributed by atoms with Crippen molar-refractivity contribution in [3.8, 4) is 107 Å². The molecule has 4 rings (SSSR count). The lowest BCUT2D eigenvalue weighted by Gasteiger charge is -2.42. The van der Waals surface area contributed by atoms with Crippen LogP contribution in [0.15, 0.2) is 18.2 Å². The Morgan fingerprint density at radius 1 is 0.732 bits per heavy atom. The SMILES string of the molecule is C#CC#CC#CC#CC#CC#CC#CC#CC#Cc1ccc2c(c1)C1C(=O)OC(=O)C1CC2(C)C1CC(=O)OC1=O. The Bertz CT molecular complexity index is 1960. The van der Waals surface area contributed by atoms with Crippen LogP contribution in [-0.4, -0.2) is 23.9 Å². The Morgan fingerprint density at radius 3 is 1.83 bits per heavy atom. The van der Waals surface area contributed by atoms with Gasteiger partial charge in [0.15, 0.2) is 0 Å². The van der Waals surface area contributed by atoms with Crippen LogP contribution in [0.25, 0.3) is 0 Å². The average Bonchev–Trinajstić information content (AvgIpc) is 3.44. The molecule has 2 aliphatic heterocycles. The van der Waals surface area contributed by atoms with Crippen molar-refractivity contribution < 1.29 is 28.7 Å². The number of benzene rings is 1. The van der Waals surface area contributed by atoms with Crippen LogP contribution in [0.4, 0.5) is 0 Å². The Kier molecular flexibility index (Phi) is 8.33. The lowest BCUT2D eigenvalue weighted by atomic mass is 9.58. The molecule has 2 fully saturated rings. The molecule has 0 radical (unpaired) electrons. The fraction of sp³-hybridized carbons (Fsp3) is 0.200. The second-order valence-electron chi connectivity index (χ2n) is 8.94. The van der Waals surface area contributed by atoms with Gasteiger partial charge in [0.1, 0.15) is 0 Å². The maximum Gasteiger partial charge on any atom is 0.321 e. The van der Waals surface area contributed by atoms with Crippen molar-refractivity contribution in [3.05, 3.63) is 34.9 Å². The van der Waals surface area contributed by atoms with Crippen molar-refractivity contribution in [2.75, 3.05) is 0 Å². The zero-order valence-corrected chi connectivity index (χ0v) is 21.4. The molecule has 0 spiro atoms. The van der Waals surface area contributed by atoms with Crippen molar-refractivity contribution in [1.82, 2.24) is 0 Å². The number of rotatable bonds is 1. The van der Waals surface area contributed by atoms with Crippen LogP contribution >= 0.6 is 0 Å². The van der Waals surface area contributed by atoms with Gasteiger partial charge in [-0.05, 0) is 124 Å². The lowest BCUT2D eigenvalue weighted by Crippen LogP contribution is -2.43. The summed E-state index contributed by atoms with van der Waals surface area (Å²) in [5.41, 5.74) is 0.848. The van der Waals surface area contributed by atoms with Gasteiger partial charge in [0.2, 0.25) is 0 Å². The molecule has 0 aromatic heterocycles. The summed E-state index contributed by atoms with van der Waals surface area (Å²) < 4.78 is 9.72. The molecule has 1 aliphatic carbocycles. The van der Waals surface area contributed by atoms with Gasteiger partial charge in [-0.3, -0.25) is 19.2 Å². The number of carbonyl (C=O) groups is 4. The minimum Gasteiger partial charge on any atom is -0.393 e. The number of ether oxygens (including phenoxy) is 2. The van der Waals surface area contributed by atoms with E-state index >= 15 is 0 Å². The minimum absolute atomic E-state index is 0.0994. The molecule has 41 heavy (non-hydrogen) atoms. The number of fused-ring (bicyclic) bond motifs is 3. The molecule has 3 aliphatic rings. The van der Waals surface area contributed by atoms with Crippen molar-refractivity contribution in [2.24, 2.45) is 11.8 Å². The standard InChI is InChI=1S/C35H14O6/c1-3-4-5-6-7-8-9-10-11-12-13-14-15-16-17-18-19-25-20-21-28-26(22-25)31-27(32(37)41-34(31)39)24-35(28,2)29-23-30(36)40-33(29)38/h1,20-22,27,29,31H,23-24H2,2H3. The van der Waals surface area contributed by atoms with Gasteiger partial charge in [-0.1, -0.05) is 18.9 Å². The van der Waals surface area contributed by atoms with Gasteiger partial charge in [-0.15, -0.1) is 6.42 Å². The predicted molar refractivity (Wildman–Crippen MR) is 145 cm³/mol. The summed E-state index contributed by atoms with van der Waals surface area (Å²) >= 11 is 0. The molecule has 0 amide bonds. The van der Waals surface area contributed by atoms with E-state index < -0.39 is 47.0 Å². The smallest absolute Gasteiger partial charge is 0.321 e. The predicted octanol–water partition coefficient (Wildman–Crippen LogP) is 1.23. The Labute approximate surface area is 237 Å². The van der Waals surface area contributed by atoms with Gasteiger partial charge in [0.05, 0.1) is 24.2 Å². The molecule has 1 aromatic carbocycles. The first-order valence-electron chi connectivity index (χ1n) is 12.0. The van der Waals surface area contributed by atoms with E-state index in [0.29, 0.717) is 16.7 Å². The van der Waals surface area contributed by atoms with Gasteiger partial charge in [0, 0.05) is 11.0 Å². The summed E-state index contributed by atoms with van der Waals surface area (Å²) in [6.07, 6.45) is 5.03. The summed E-state index contributed by atoms with van der Waals surface area (Å²) in [6, 6.07) is 5.18. The first kappa shape index (κ1) is 27.6. The minimum atomic E-state index is -0.908. The van der Waals surface area contributed by atoms with E-state index in [1.54, 1.807) is 25.1 Å². The van der Waals surface area contributed by atoms with Gasteiger partial charge in [-0.2, -0.15) is 0 Å². The van der Waals surface area contributed by atoms with Crippen molar-refractivity contribution in [2.45, 2.75) is 31.1 Å². The number of terminal acetylenes is 1. The quantitative estimate of drug-likeness (QED) is 0.309. The van der Waals surface area contributed by atoms with E-state index in [1.165, 1.54) is 0 Å². The van der Waals surface area contributed by atoms with E-state index in [0.717, 1.165) is 0 Å². The monoisotopic (exact) mass is 530 g/mol. The van der Waals surface area contributed by atoms with Crippen molar-refractivity contribution in [3.63, 3.8) is 0 Å². The van der Waals surface area contributed by atoms with Crippen LogP contribution in [-0.2, 0) is 34.1 Å². The van der Waals surface area contributed by atoms with Gasteiger partial charge >= 0.3 is 23.9 Å². The van der Waals surface area contributed by atoms with E-state index in [9.17, 15) is 19.2 Å². The molecule has 6 heteroatoms. The molecule has 0 bridgehead atoms. The average molecular weight is 530 g/mol. The molecule has 1 aromatic rings. The van der Waals surface area contributed by atoms with Gasteiger partial charge in [0.25, 0.3) is 0 Å². The summed E-state index contributed by atoms with van der Waals surface area (Å²) in [5, 5.41) is 0. The van der Waals surface area contributed by atoms with Gasteiger partial charge in [-0.25, -0.2) is 0 Å². The zero-order chi connectivity index (χ0) is 29.2. The second kappa shape index (κ2) is 12.4. The maximum absolute atomic E-state index is 12.6. The number of cyclic esters (lactones) is 4. The molecule has 2 heterocycles. The van der Waals surface area contributed by atoms with Crippen molar-refractivity contribution in [1.29, 1.82) is 0 Å². The van der Waals surface area contributed by atoms with E-state index in [4.69, 9.17) is 15.9 Å². The molecule has 2 saturated heterocycles. The summed E-state index contributed by atoms with van der Waals surface area (Å²) in [7, 11) is 0. The van der Waals surface area contributed by atoms with Crippen LogP contribution in [0.5, 0.6) is 0 Å². The van der Waals surface area contributed by atoms with Crippen LogP contribution in [0.2, 0.25) is 0 Å². The van der Waals surface area contributed by atoms with E-state index in [2.05, 4.69) is 101 Å². The number of carbonyl (C=O) groups excluding carboxylic acids is 4. The molecule has 0 saturated carbocycles. The first-order chi connectivity index (χ1) is 19.8. The highest BCUT2D eigenvalue weighted by Gasteiger charge is 2.58. The Morgan fingerprint density at radius 2 is 1.29 bits per heavy atom. The highest BCUT2D eigenvalue weighted by Crippen LogP contribution is 2.54. The molecule has 6 nitrogen and oxygen atoms in total. The third kappa shape index (κ3) is 6.17. The van der Waals surface area contributed by atoms with Crippen LogP contribution in [0, 0.1) is 119 Å². The number of hydrogen-bond donors (Lipinski definition) is 0. The lowest BCUT2D eigenvalue weighted by molar-refractivity contribution is -0.156. The first-order valence-corrected chi connectivity index (χ1v) is 12.0. The normalized spacial score (nSPS) is 21.9. The highest BCUT2D eigenvalue weighted by molar-refractivity contribution is 6.01. The maximum atomic E-state index is 12.6. The van der Waals surface area contributed by atoms with Crippen molar-refractivity contribution >= 4 is 23.9 Å². The Balaban J connectivity index is 1.50. The molecular weight excluding hydrogens is 516 g/mol. The van der Waals surface area contributed by atoms with E-state index in [1.807, 2.05) is 0 Å². The van der Waals surface area contributed by atoms with Crippen LogP contribution < -0.4 is 0 Å². The van der Waals surface area contributed by atoms with Crippen LogP contribution in [0.1, 0.15) is 42.4 Å². The highest BCUT2D eigenvalue weighted by atomic mass is 16.6. The number of esters is 4. The summed E-state index contributed by atoms with van der Waals surface area (Å²) in [4.78, 5) is 49.3. The zero-order valence-electron chi connectivity index (χ0n) is 21.4. The fourth-order valence-corrected chi connectivity index (χ4v) is 4.90. The van der Waals surface area contributed by atoms with Crippen LogP contribution in [0.3, 0.4) is 0 Å². The second-order valence-corrected chi connectivity index (χ2v) is 8.94. The molecule has 190 valence electrons. The topological polar surface area (TPSA) is 86.7 Å². The number of hydrogen-bond acceptors (Lipinski definition) is 6. The third-order valence-electron chi connectivity index (χ3n) is 6.60. The summed E-state index contributed by atoms with van der Waals surface area (Å²) in [5.74, 6) is 37.5. The fourth-order valence-electron chi connectivity index (χ4n) is 4.90. The Hall–Kier alpha value is -6.46.